The molecule has 6 aromatic carbocycles. The number of hydrogen-bond donors (Lipinski definition) is 0. The summed E-state index contributed by atoms with van der Waals surface area (Å²) in [5, 5.41) is 4.59. The van der Waals surface area contributed by atoms with E-state index in [1.807, 2.05) is 24.4 Å². The molecule has 0 aliphatic carbocycles. The molecule has 0 saturated carbocycles. The summed E-state index contributed by atoms with van der Waals surface area (Å²) in [4.78, 5) is 14.6. The Hall–Kier alpha value is -6.39. The highest BCUT2D eigenvalue weighted by Gasteiger charge is 2.14. The van der Waals surface area contributed by atoms with Crippen LogP contribution in [-0.4, -0.2) is 15.0 Å². The molecular formula is C43H27N3O. The third-order valence-electron chi connectivity index (χ3n) is 8.80. The topological polar surface area (TPSA) is 51.8 Å². The van der Waals surface area contributed by atoms with Crippen molar-refractivity contribution in [3.63, 3.8) is 0 Å². The molecule has 3 aromatic heterocycles. The molecule has 0 aliphatic rings. The number of furan rings is 1. The minimum absolute atomic E-state index is 0.678. The SMILES string of the molecule is c1cncc(-c2cccc(-c3nc(-c4ccc(-c5ccc6oc7ccccc7c6c5)cc4)cc(-c4cccc5ccccc45)n3)c2)c1. The van der Waals surface area contributed by atoms with E-state index in [1.54, 1.807) is 6.20 Å². The first-order valence-corrected chi connectivity index (χ1v) is 15.7. The van der Waals surface area contributed by atoms with Gasteiger partial charge in [0.25, 0.3) is 0 Å². The molecule has 0 bridgehead atoms. The Balaban J connectivity index is 1.16. The summed E-state index contributed by atoms with van der Waals surface area (Å²) < 4.78 is 6.06. The first-order valence-electron chi connectivity index (χ1n) is 15.7. The highest BCUT2D eigenvalue weighted by Crippen LogP contribution is 2.35. The minimum Gasteiger partial charge on any atom is -0.456 e. The van der Waals surface area contributed by atoms with E-state index in [2.05, 4.69) is 138 Å². The number of pyridine rings is 1. The van der Waals surface area contributed by atoms with Crippen LogP contribution in [0.2, 0.25) is 0 Å². The summed E-state index contributed by atoms with van der Waals surface area (Å²) in [5.41, 5.74) is 11.0. The molecule has 0 unspecified atom stereocenters. The fourth-order valence-corrected chi connectivity index (χ4v) is 6.42. The second-order valence-electron chi connectivity index (χ2n) is 11.7. The molecule has 4 heteroatoms. The van der Waals surface area contributed by atoms with Crippen molar-refractivity contribution in [3.8, 4) is 56.2 Å². The van der Waals surface area contributed by atoms with E-state index in [4.69, 9.17) is 14.4 Å². The van der Waals surface area contributed by atoms with Gasteiger partial charge in [-0.05, 0) is 63.9 Å². The van der Waals surface area contributed by atoms with Crippen molar-refractivity contribution >= 4 is 32.7 Å². The normalized spacial score (nSPS) is 11.4. The van der Waals surface area contributed by atoms with Gasteiger partial charge in [0.15, 0.2) is 5.82 Å². The van der Waals surface area contributed by atoms with E-state index in [9.17, 15) is 0 Å². The molecule has 0 saturated heterocycles. The van der Waals surface area contributed by atoms with Gasteiger partial charge >= 0.3 is 0 Å². The Morgan fingerprint density at radius 1 is 0.404 bits per heavy atom. The van der Waals surface area contributed by atoms with Crippen molar-refractivity contribution in [3.05, 3.63) is 164 Å². The highest BCUT2D eigenvalue weighted by atomic mass is 16.3. The van der Waals surface area contributed by atoms with Crippen LogP contribution < -0.4 is 0 Å². The maximum atomic E-state index is 6.06. The van der Waals surface area contributed by atoms with Crippen LogP contribution in [0.1, 0.15) is 0 Å². The van der Waals surface area contributed by atoms with Crippen molar-refractivity contribution < 1.29 is 4.42 Å². The Morgan fingerprint density at radius 3 is 1.98 bits per heavy atom. The zero-order valence-corrected chi connectivity index (χ0v) is 25.3. The molecule has 220 valence electrons. The van der Waals surface area contributed by atoms with Gasteiger partial charge in [0.2, 0.25) is 0 Å². The van der Waals surface area contributed by atoms with Crippen LogP contribution >= 0.6 is 0 Å². The average molecular weight is 602 g/mol. The summed E-state index contributed by atoms with van der Waals surface area (Å²) in [5.74, 6) is 0.678. The Bertz CT molecular complexity index is 2560. The van der Waals surface area contributed by atoms with Gasteiger partial charge in [-0.3, -0.25) is 4.98 Å². The van der Waals surface area contributed by atoms with Crippen molar-refractivity contribution in [1.82, 2.24) is 15.0 Å². The van der Waals surface area contributed by atoms with Crippen LogP contribution in [0, 0.1) is 0 Å². The van der Waals surface area contributed by atoms with E-state index in [1.165, 1.54) is 5.39 Å². The summed E-state index contributed by atoms with van der Waals surface area (Å²) in [6.07, 6.45) is 3.67. The predicted octanol–water partition coefficient (Wildman–Crippen LogP) is 11.3. The molecule has 47 heavy (non-hydrogen) atoms. The number of para-hydroxylation sites is 1. The number of aromatic nitrogens is 3. The van der Waals surface area contributed by atoms with Gasteiger partial charge in [0.1, 0.15) is 11.2 Å². The van der Waals surface area contributed by atoms with E-state index in [0.29, 0.717) is 5.82 Å². The number of hydrogen-bond acceptors (Lipinski definition) is 4. The molecule has 0 fully saturated rings. The van der Waals surface area contributed by atoms with Crippen LogP contribution in [0.5, 0.6) is 0 Å². The van der Waals surface area contributed by atoms with E-state index >= 15 is 0 Å². The van der Waals surface area contributed by atoms with Crippen molar-refractivity contribution in [1.29, 1.82) is 0 Å². The Kier molecular flexibility index (Phi) is 6.43. The molecule has 9 rings (SSSR count). The predicted molar refractivity (Wildman–Crippen MR) is 192 cm³/mol. The van der Waals surface area contributed by atoms with Gasteiger partial charge in [-0.25, -0.2) is 9.97 Å². The van der Waals surface area contributed by atoms with Gasteiger partial charge < -0.3 is 4.42 Å². The van der Waals surface area contributed by atoms with Crippen molar-refractivity contribution in [2.45, 2.75) is 0 Å². The molecule has 0 amide bonds. The second kappa shape index (κ2) is 11.2. The minimum atomic E-state index is 0.678. The standard InChI is InChI=1S/C43H27N3O/c1-2-13-35-29(8-1)9-6-15-36(35)40-26-39(45-43(46-40)33-11-5-10-31(24-33)34-12-7-23-44-27-34)30-19-17-28(18-20-30)32-21-22-42-38(25-32)37-14-3-4-16-41(37)47-42/h1-27H. The largest absolute Gasteiger partial charge is 0.456 e. The lowest BCUT2D eigenvalue weighted by molar-refractivity contribution is 0.669. The average Bonchev–Trinajstić information content (AvgIpc) is 3.53. The Labute approximate surface area is 271 Å². The number of fused-ring (bicyclic) bond motifs is 4. The summed E-state index contributed by atoms with van der Waals surface area (Å²) in [7, 11) is 0. The van der Waals surface area contributed by atoms with Gasteiger partial charge in [0, 0.05) is 45.4 Å². The lowest BCUT2D eigenvalue weighted by atomic mass is 9.98. The summed E-state index contributed by atoms with van der Waals surface area (Å²) in [6.45, 7) is 0. The Morgan fingerprint density at radius 2 is 1.09 bits per heavy atom. The molecule has 0 spiro atoms. The molecule has 0 N–H and O–H groups in total. The fraction of sp³-hybridized carbons (Fsp3) is 0. The molecule has 3 heterocycles. The van der Waals surface area contributed by atoms with E-state index in [-0.39, 0.29) is 0 Å². The van der Waals surface area contributed by atoms with Crippen LogP contribution in [0.4, 0.5) is 0 Å². The smallest absolute Gasteiger partial charge is 0.160 e. The highest BCUT2D eigenvalue weighted by molar-refractivity contribution is 6.06. The first kappa shape index (κ1) is 27.0. The molecule has 4 nitrogen and oxygen atoms in total. The zero-order valence-electron chi connectivity index (χ0n) is 25.3. The van der Waals surface area contributed by atoms with E-state index in [0.717, 1.165) is 77.7 Å². The van der Waals surface area contributed by atoms with Crippen molar-refractivity contribution in [2.75, 3.05) is 0 Å². The maximum absolute atomic E-state index is 6.06. The lowest BCUT2D eigenvalue weighted by Crippen LogP contribution is -1.97. The van der Waals surface area contributed by atoms with Crippen LogP contribution in [0.3, 0.4) is 0 Å². The molecule has 9 aromatic rings. The molecule has 0 atom stereocenters. The zero-order chi connectivity index (χ0) is 31.2. The van der Waals surface area contributed by atoms with Crippen LogP contribution in [0.25, 0.3) is 88.9 Å². The lowest BCUT2D eigenvalue weighted by Gasteiger charge is -2.12. The number of benzene rings is 6. The third-order valence-corrected chi connectivity index (χ3v) is 8.80. The fourth-order valence-electron chi connectivity index (χ4n) is 6.42. The number of rotatable bonds is 5. The second-order valence-corrected chi connectivity index (χ2v) is 11.7. The van der Waals surface area contributed by atoms with Gasteiger partial charge in [-0.15, -0.1) is 0 Å². The van der Waals surface area contributed by atoms with Crippen LogP contribution in [-0.2, 0) is 0 Å². The molecule has 0 radical (unpaired) electrons. The van der Waals surface area contributed by atoms with Gasteiger partial charge in [-0.1, -0.05) is 115 Å². The third kappa shape index (κ3) is 4.93. The van der Waals surface area contributed by atoms with Gasteiger partial charge in [-0.2, -0.15) is 0 Å². The first-order chi connectivity index (χ1) is 23.3. The maximum Gasteiger partial charge on any atom is 0.160 e. The van der Waals surface area contributed by atoms with Gasteiger partial charge in [0.05, 0.1) is 11.4 Å². The number of nitrogens with zero attached hydrogens (tertiary/aromatic N) is 3. The summed E-state index contributed by atoms with van der Waals surface area (Å²) in [6, 6.07) is 52.5. The quantitative estimate of drug-likeness (QED) is 0.197. The molecule has 0 aliphatic heterocycles. The molecular weight excluding hydrogens is 574 g/mol. The van der Waals surface area contributed by atoms with Crippen LogP contribution in [0.15, 0.2) is 168 Å². The monoisotopic (exact) mass is 601 g/mol. The van der Waals surface area contributed by atoms with Crippen molar-refractivity contribution in [2.24, 2.45) is 0 Å². The van der Waals surface area contributed by atoms with E-state index < -0.39 is 0 Å². The summed E-state index contributed by atoms with van der Waals surface area (Å²) >= 11 is 0.